The Kier molecular flexibility index (Phi) is 3.16. The molecule has 0 fully saturated rings. The number of nitrogens with zero attached hydrogens (tertiary/aromatic N) is 2. The molecule has 1 heterocycles. The van der Waals surface area contributed by atoms with Gasteiger partial charge in [-0.2, -0.15) is 5.26 Å². The third kappa shape index (κ3) is 1.96. The van der Waals surface area contributed by atoms with E-state index in [9.17, 15) is 4.39 Å². The van der Waals surface area contributed by atoms with Gasteiger partial charge in [0.05, 0.1) is 16.7 Å². The summed E-state index contributed by atoms with van der Waals surface area (Å²) < 4.78 is 16.7. The van der Waals surface area contributed by atoms with E-state index >= 15 is 0 Å². The monoisotopic (exact) mass is 347 g/mol. The molecule has 0 radical (unpaired) electrons. The van der Waals surface area contributed by atoms with Crippen LogP contribution in [0.2, 0.25) is 0 Å². The zero-order valence-corrected chi connectivity index (χ0v) is 12.4. The standard InChI is InChI=1S/C14H7BrFN3S/c15-8-4-5-11-13(6-8)19(14(20)18-11)12-3-1-2-10(16)9(12)7-17/h1-6H,(H,18,20). The zero-order chi connectivity index (χ0) is 14.3. The molecule has 0 unspecified atom stereocenters. The number of aromatic amines is 1. The van der Waals surface area contributed by atoms with Gasteiger partial charge in [0, 0.05) is 4.47 Å². The largest absolute Gasteiger partial charge is 0.330 e. The predicted molar refractivity (Wildman–Crippen MR) is 80.8 cm³/mol. The lowest BCUT2D eigenvalue weighted by atomic mass is 10.1. The molecule has 2 aromatic carbocycles. The van der Waals surface area contributed by atoms with Gasteiger partial charge in [-0.05, 0) is 42.5 Å². The minimum Gasteiger partial charge on any atom is -0.330 e. The highest BCUT2D eigenvalue weighted by molar-refractivity contribution is 9.10. The molecule has 98 valence electrons. The Morgan fingerprint density at radius 2 is 2.10 bits per heavy atom. The number of aromatic nitrogens is 2. The van der Waals surface area contributed by atoms with Gasteiger partial charge in [0.1, 0.15) is 17.4 Å². The summed E-state index contributed by atoms with van der Waals surface area (Å²) in [5.41, 5.74) is 2.02. The molecule has 0 saturated heterocycles. The number of hydrogen-bond donors (Lipinski definition) is 1. The summed E-state index contributed by atoms with van der Waals surface area (Å²) in [6.45, 7) is 0. The van der Waals surface area contributed by atoms with Crippen LogP contribution in [-0.2, 0) is 0 Å². The van der Waals surface area contributed by atoms with Gasteiger partial charge in [-0.3, -0.25) is 4.57 Å². The SMILES string of the molecule is N#Cc1c(F)cccc1-n1c(=S)[nH]c2ccc(Br)cc21. The maximum Gasteiger partial charge on any atom is 0.182 e. The van der Waals surface area contributed by atoms with E-state index < -0.39 is 5.82 Å². The lowest BCUT2D eigenvalue weighted by Crippen LogP contribution is -1.99. The van der Waals surface area contributed by atoms with E-state index in [0.717, 1.165) is 15.5 Å². The first-order chi connectivity index (χ1) is 9.61. The fourth-order valence-corrected chi connectivity index (χ4v) is 2.78. The average Bonchev–Trinajstić information content (AvgIpc) is 2.73. The second-order valence-electron chi connectivity index (χ2n) is 4.17. The van der Waals surface area contributed by atoms with Crippen LogP contribution in [0.4, 0.5) is 4.39 Å². The number of nitriles is 1. The van der Waals surface area contributed by atoms with Crippen molar-refractivity contribution < 1.29 is 4.39 Å². The molecule has 0 aliphatic carbocycles. The molecule has 3 nitrogen and oxygen atoms in total. The summed E-state index contributed by atoms with van der Waals surface area (Å²) in [7, 11) is 0. The van der Waals surface area contributed by atoms with Crippen molar-refractivity contribution >= 4 is 39.2 Å². The Morgan fingerprint density at radius 3 is 2.85 bits per heavy atom. The minimum atomic E-state index is -0.559. The van der Waals surface area contributed by atoms with E-state index in [1.54, 1.807) is 16.7 Å². The first-order valence-corrected chi connectivity index (χ1v) is 6.91. The van der Waals surface area contributed by atoms with E-state index in [4.69, 9.17) is 17.5 Å². The Bertz CT molecular complexity index is 920. The van der Waals surface area contributed by atoms with E-state index in [1.165, 1.54) is 6.07 Å². The van der Waals surface area contributed by atoms with Crippen LogP contribution < -0.4 is 0 Å². The molecule has 20 heavy (non-hydrogen) atoms. The predicted octanol–water partition coefficient (Wildman–Crippen LogP) is 4.46. The molecule has 0 amide bonds. The third-order valence-corrected chi connectivity index (χ3v) is 3.77. The Hall–Kier alpha value is -1.97. The average molecular weight is 348 g/mol. The summed E-state index contributed by atoms with van der Waals surface area (Å²) >= 11 is 8.69. The third-order valence-electron chi connectivity index (χ3n) is 2.99. The van der Waals surface area contributed by atoms with Crippen LogP contribution in [0, 0.1) is 21.9 Å². The quantitative estimate of drug-likeness (QED) is 0.660. The smallest absolute Gasteiger partial charge is 0.182 e. The molecule has 3 aromatic rings. The molecule has 0 aliphatic heterocycles. The maximum atomic E-state index is 13.8. The van der Waals surface area contributed by atoms with Crippen molar-refractivity contribution in [1.29, 1.82) is 5.26 Å². The van der Waals surface area contributed by atoms with Crippen molar-refractivity contribution in [2.75, 3.05) is 0 Å². The highest BCUT2D eigenvalue weighted by Gasteiger charge is 2.13. The van der Waals surface area contributed by atoms with Crippen molar-refractivity contribution in [2.24, 2.45) is 0 Å². The molecule has 0 spiro atoms. The molecule has 0 saturated carbocycles. The van der Waals surface area contributed by atoms with Crippen molar-refractivity contribution in [3.05, 3.63) is 57.0 Å². The minimum absolute atomic E-state index is 0.0236. The number of hydrogen-bond acceptors (Lipinski definition) is 2. The van der Waals surface area contributed by atoms with E-state index in [1.807, 2.05) is 24.3 Å². The van der Waals surface area contributed by atoms with Crippen LogP contribution in [0.3, 0.4) is 0 Å². The molecular weight excluding hydrogens is 341 g/mol. The van der Waals surface area contributed by atoms with Gasteiger partial charge in [0.2, 0.25) is 0 Å². The van der Waals surface area contributed by atoms with Gasteiger partial charge in [-0.25, -0.2) is 4.39 Å². The zero-order valence-electron chi connectivity index (χ0n) is 10.0. The lowest BCUT2D eigenvalue weighted by Gasteiger charge is -2.07. The number of fused-ring (bicyclic) bond motifs is 1. The van der Waals surface area contributed by atoms with Crippen molar-refractivity contribution in [2.45, 2.75) is 0 Å². The number of imidazole rings is 1. The highest BCUT2D eigenvalue weighted by Crippen LogP contribution is 2.25. The first kappa shape index (κ1) is 13.0. The van der Waals surface area contributed by atoms with Gasteiger partial charge < -0.3 is 4.98 Å². The molecule has 0 aliphatic rings. The number of H-pyrrole nitrogens is 1. The fraction of sp³-hybridized carbons (Fsp3) is 0. The lowest BCUT2D eigenvalue weighted by molar-refractivity contribution is 0.622. The van der Waals surface area contributed by atoms with Gasteiger partial charge in [0.15, 0.2) is 4.77 Å². The highest BCUT2D eigenvalue weighted by atomic mass is 79.9. The summed E-state index contributed by atoms with van der Waals surface area (Å²) in [6, 6.07) is 12.0. The van der Waals surface area contributed by atoms with Crippen LogP contribution in [-0.4, -0.2) is 9.55 Å². The Labute approximate surface area is 127 Å². The van der Waals surface area contributed by atoms with Crippen LogP contribution in [0.5, 0.6) is 0 Å². The summed E-state index contributed by atoms with van der Waals surface area (Å²) in [5, 5.41) is 9.16. The van der Waals surface area contributed by atoms with E-state index in [-0.39, 0.29) is 5.56 Å². The molecule has 1 N–H and O–H groups in total. The van der Waals surface area contributed by atoms with Gasteiger partial charge in [-0.1, -0.05) is 22.0 Å². The number of rotatable bonds is 1. The van der Waals surface area contributed by atoms with Crippen LogP contribution >= 0.6 is 28.1 Å². The van der Waals surface area contributed by atoms with Crippen molar-refractivity contribution in [1.82, 2.24) is 9.55 Å². The first-order valence-electron chi connectivity index (χ1n) is 5.71. The fourth-order valence-electron chi connectivity index (χ4n) is 2.12. The van der Waals surface area contributed by atoms with Crippen LogP contribution in [0.1, 0.15) is 5.56 Å². The van der Waals surface area contributed by atoms with Crippen molar-refractivity contribution in [3.63, 3.8) is 0 Å². The molecule has 3 rings (SSSR count). The summed E-state index contributed by atoms with van der Waals surface area (Å²) in [6.07, 6.45) is 0. The summed E-state index contributed by atoms with van der Waals surface area (Å²) in [5.74, 6) is -0.559. The maximum absolute atomic E-state index is 13.8. The number of benzene rings is 2. The van der Waals surface area contributed by atoms with Crippen molar-refractivity contribution in [3.8, 4) is 11.8 Å². The van der Waals surface area contributed by atoms with Crippen LogP contribution in [0.15, 0.2) is 40.9 Å². The second kappa shape index (κ2) is 4.85. The Balaban J connectivity index is 2.45. The molecular formula is C14H7BrFN3S. The van der Waals surface area contributed by atoms with E-state index in [2.05, 4.69) is 20.9 Å². The Morgan fingerprint density at radius 1 is 1.30 bits per heavy atom. The molecule has 6 heteroatoms. The molecule has 0 atom stereocenters. The number of halogens is 2. The van der Waals surface area contributed by atoms with Gasteiger partial charge in [0.25, 0.3) is 0 Å². The normalized spacial score (nSPS) is 10.7. The molecule has 1 aromatic heterocycles. The van der Waals surface area contributed by atoms with Crippen LogP contribution in [0.25, 0.3) is 16.7 Å². The summed E-state index contributed by atoms with van der Waals surface area (Å²) in [4.78, 5) is 3.05. The topological polar surface area (TPSA) is 44.5 Å². The van der Waals surface area contributed by atoms with Gasteiger partial charge in [-0.15, -0.1) is 0 Å². The second-order valence-corrected chi connectivity index (χ2v) is 5.48. The van der Waals surface area contributed by atoms with Gasteiger partial charge >= 0.3 is 0 Å². The van der Waals surface area contributed by atoms with E-state index in [0.29, 0.717) is 10.5 Å². The molecule has 0 bridgehead atoms. The number of nitrogens with one attached hydrogen (secondary N) is 1.